The lowest BCUT2D eigenvalue weighted by molar-refractivity contribution is -0.133. The Morgan fingerprint density at radius 1 is 1.32 bits per heavy atom. The minimum absolute atomic E-state index is 0.00123. The molecule has 1 aliphatic carbocycles. The van der Waals surface area contributed by atoms with Crippen molar-refractivity contribution in [2.45, 2.75) is 25.9 Å². The van der Waals surface area contributed by atoms with E-state index in [4.69, 9.17) is 4.74 Å². The number of amides is 2. The van der Waals surface area contributed by atoms with E-state index in [2.05, 4.69) is 10.9 Å². The second-order valence-electron chi connectivity index (χ2n) is 4.44. The van der Waals surface area contributed by atoms with Crippen molar-refractivity contribution < 1.29 is 18.7 Å². The second kappa shape index (κ2) is 5.69. The lowest BCUT2D eigenvalue weighted by Gasteiger charge is -2.15. The van der Waals surface area contributed by atoms with Crippen molar-refractivity contribution in [2.24, 2.45) is 5.92 Å². The molecular weight excluding hydrogens is 251 g/mol. The average molecular weight is 266 g/mol. The summed E-state index contributed by atoms with van der Waals surface area (Å²) in [6.07, 6.45) is 0.794. The van der Waals surface area contributed by atoms with Crippen LogP contribution in [0.1, 0.15) is 19.8 Å². The van der Waals surface area contributed by atoms with Crippen LogP contribution < -0.4 is 15.6 Å². The molecule has 5 nitrogen and oxygen atoms in total. The Bertz CT molecular complexity index is 489. The van der Waals surface area contributed by atoms with Crippen molar-refractivity contribution in [3.8, 4) is 5.75 Å². The first-order valence-corrected chi connectivity index (χ1v) is 6.09. The van der Waals surface area contributed by atoms with Gasteiger partial charge in [-0.1, -0.05) is 12.1 Å². The first-order valence-electron chi connectivity index (χ1n) is 6.09. The normalized spacial score (nSPS) is 15.5. The van der Waals surface area contributed by atoms with Gasteiger partial charge in [-0.25, -0.2) is 4.39 Å². The van der Waals surface area contributed by atoms with Crippen LogP contribution in [0.3, 0.4) is 0 Å². The molecule has 1 atom stereocenters. The zero-order chi connectivity index (χ0) is 13.8. The molecule has 19 heavy (non-hydrogen) atoms. The van der Waals surface area contributed by atoms with Crippen LogP contribution >= 0.6 is 0 Å². The highest BCUT2D eigenvalue weighted by Crippen LogP contribution is 2.28. The number of para-hydroxylation sites is 1. The zero-order valence-corrected chi connectivity index (χ0v) is 10.5. The Balaban J connectivity index is 1.81. The lowest BCUT2D eigenvalue weighted by Crippen LogP contribution is -2.47. The van der Waals surface area contributed by atoms with Crippen molar-refractivity contribution in [1.82, 2.24) is 10.9 Å². The van der Waals surface area contributed by atoms with E-state index in [1.807, 2.05) is 0 Å². The van der Waals surface area contributed by atoms with Crippen LogP contribution in [0.15, 0.2) is 24.3 Å². The first-order chi connectivity index (χ1) is 9.08. The summed E-state index contributed by atoms with van der Waals surface area (Å²) >= 11 is 0. The van der Waals surface area contributed by atoms with Crippen molar-refractivity contribution in [1.29, 1.82) is 0 Å². The van der Waals surface area contributed by atoms with Crippen LogP contribution in [-0.2, 0) is 9.59 Å². The number of halogens is 1. The second-order valence-corrected chi connectivity index (χ2v) is 4.44. The zero-order valence-electron chi connectivity index (χ0n) is 10.5. The van der Waals surface area contributed by atoms with Crippen LogP contribution in [0, 0.1) is 11.7 Å². The van der Waals surface area contributed by atoms with Crippen molar-refractivity contribution in [2.75, 3.05) is 0 Å². The van der Waals surface area contributed by atoms with Gasteiger partial charge >= 0.3 is 0 Å². The Labute approximate surface area is 110 Å². The number of benzene rings is 1. The Hall–Kier alpha value is -2.11. The summed E-state index contributed by atoms with van der Waals surface area (Å²) in [5, 5.41) is 0. The van der Waals surface area contributed by atoms with E-state index >= 15 is 0 Å². The minimum Gasteiger partial charge on any atom is -0.478 e. The predicted octanol–water partition coefficient (Wildman–Crippen LogP) is 1.15. The molecule has 2 rings (SSSR count). The summed E-state index contributed by atoms with van der Waals surface area (Å²) in [5.41, 5.74) is 4.57. The Morgan fingerprint density at radius 3 is 2.63 bits per heavy atom. The first kappa shape index (κ1) is 13.3. The third-order valence-electron chi connectivity index (χ3n) is 2.77. The van der Waals surface area contributed by atoms with Gasteiger partial charge in [-0.05, 0) is 31.9 Å². The molecule has 0 aromatic heterocycles. The summed E-state index contributed by atoms with van der Waals surface area (Å²) in [6.45, 7) is 1.48. The highest BCUT2D eigenvalue weighted by molar-refractivity contribution is 5.86. The van der Waals surface area contributed by atoms with Gasteiger partial charge in [0.2, 0.25) is 5.91 Å². The molecule has 1 fully saturated rings. The predicted molar refractivity (Wildman–Crippen MR) is 65.5 cm³/mol. The number of hydrazine groups is 1. The minimum atomic E-state index is -0.906. The van der Waals surface area contributed by atoms with Gasteiger partial charge < -0.3 is 4.74 Å². The van der Waals surface area contributed by atoms with Gasteiger partial charge in [-0.15, -0.1) is 0 Å². The molecule has 1 aromatic rings. The number of hydrogen-bond acceptors (Lipinski definition) is 3. The molecule has 2 N–H and O–H groups in total. The number of carbonyl (C=O) groups is 2. The van der Waals surface area contributed by atoms with Crippen molar-refractivity contribution >= 4 is 11.8 Å². The SMILES string of the molecule is C[C@@H](Oc1ccccc1F)C(=O)NNC(=O)C1CC1. The number of ether oxygens (including phenoxy) is 1. The summed E-state index contributed by atoms with van der Waals surface area (Å²) < 4.78 is 18.5. The lowest BCUT2D eigenvalue weighted by atomic mass is 10.3. The standard InChI is InChI=1S/C13H15FN2O3/c1-8(19-11-5-3-2-4-10(11)14)12(17)15-16-13(18)9-6-7-9/h2-5,8-9H,6-7H2,1H3,(H,15,17)(H,16,18)/t8-/m1/s1. The molecule has 2 amide bonds. The molecule has 102 valence electrons. The average Bonchev–Trinajstić information content (AvgIpc) is 3.22. The van der Waals surface area contributed by atoms with E-state index in [1.165, 1.54) is 25.1 Å². The summed E-state index contributed by atoms with van der Waals surface area (Å²) in [5.74, 6) is -1.27. The van der Waals surface area contributed by atoms with Crippen LogP contribution in [-0.4, -0.2) is 17.9 Å². The maximum atomic E-state index is 13.3. The maximum Gasteiger partial charge on any atom is 0.279 e. The summed E-state index contributed by atoms with van der Waals surface area (Å²) in [6, 6.07) is 5.82. The molecular formula is C13H15FN2O3. The third-order valence-corrected chi connectivity index (χ3v) is 2.77. The van der Waals surface area contributed by atoms with Crippen molar-refractivity contribution in [3.63, 3.8) is 0 Å². The van der Waals surface area contributed by atoms with Gasteiger partial charge in [0.25, 0.3) is 5.91 Å². The molecule has 0 aliphatic heterocycles. The van der Waals surface area contributed by atoms with Gasteiger partial charge in [0.15, 0.2) is 17.7 Å². The van der Waals surface area contributed by atoms with Gasteiger partial charge in [-0.2, -0.15) is 0 Å². The molecule has 1 aromatic carbocycles. The van der Waals surface area contributed by atoms with E-state index in [0.717, 1.165) is 12.8 Å². The van der Waals surface area contributed by atoms with E-state index in [9.17, 15) is 14.0 Å². The highest BCUT2D eigenvalue weighted by Gasteiger charge is 2.30. The van der Waals surface area contributed by atoms with Crippen LogP contribution in [0.5, 0.6) is 5.75 Å². The Kier molecular flexibility index (Phi) is 3.99. The molecule has 0 saturated heterocycles. The fourth-order valence-corrected chi connectivity index (χ4v) is 1.46. The van der Waals surface area contributed by atoms with Gasteiger partial charge in [0.1, 0.15) is 0 Å². The molecule has 0 spiro atoms. The van der Waals surface area contributed by atoms with Crippen LogP contribution in [0.25, 0.3) is 0 Å². The summed E-state index contributed by atoms with van der Waals surface area (Å²) in [7, 11) is 0. The largest absolute Gasteiger partial charge is 0.478 e. The quantitative estimate of drug-likeness (QED) is 0.803. The number of rotatable bonds is 4. The van der Waals surface area contributed by atoms with E-state index in [0.29, 0.717) is 0 Å². The third kappa shape index (κ3) is 3.67. The van der Waals surface area contributed by atoms with E-state index in [-0.39, 0.29) is 17.6 Å². The molecule has 1 saturated carbocycles. The maximum absolute atomic E-state index is 13.3. The summed E-state index contributed by atoms with van der Waals surface area (Å²) in [4.78, 5) is 23.0. The van der Waals surface area contributed by atoms with Crippen LogP contribution in [0.4, 0.5) is 4.39 Å². The monoisotopic (exact) mass is 266 g/mol. The van der Waals surface area contributed by atoms with E-state index < -0.39 is 17.8 Å². The van der Waals surface area contributed by atoms with Gasteiger partial charge in [0, 0.05) is 5.92 Å². The fraction of sp³-hybridized carbons (Fsp3) is 0.385. The number of carbonyl (C=O) groups excluding carboxylic acids is 2. The molecule has 0 radical (unpaired) electrons. The number of nitrogens with one attached hydrogen (secondary N) is 2. The van der Waals surface area contributed by atoms with Crippen LogP contribution in [0.2, 0.25) is 0 Å². The fourth-order valence-electron chi connectivity index (χ4n) is 1.46. The smallest absolute Gasteiger partial charge is 0.279 e. The molecule has 0 heterocycles. The molecule has 0 unspecified atom stereocenters. The van der Waals surface area contributed by atoms with Gasteiger partial charge in [-0.3, -0.25) is 20.4 Å². The molecule has 1 aliphatic rings. The number of hydrogen-bond donors (Lipinski definition) is 2. The van der Waals surface area contributed by atoms with Crippen molar-refractivity contribution in [3.05, 3.63) is 30.1 Å². The van der Waals surface area contributed by atoms with E-state index in [1.54, 1.807) is 6.07 Å². The molecule has 6 heteroatoms. The van der Waals surface area contributed by atoms with Gasteiger partial charge in [0.05, 0.1) is 0 Å². The highest BCUT2D eigenvalue weighted by atomic mass is 19.1. The molecule has 0 bridgehead atoms. The topological polar surface area (TPSA) is 67.4 Å². The Morgan fingerprint density at radius 2 is 2.00 bits per heavy atom.